The first kappa shape index (κ1) is 38.9. The third-order valence-corrected chi connectivity index (χ3v) is 11.0. The van der Waals surface area contributed by atoms with Gasteiger partial charge in [-0.1, -0.05) is 82.7 Å². The molecule has 0 aliphatic heterocycles. The van der Waals surface area contributed by atoms with Crippen LogP contribution >= 0.6 is 11.8 Å². The first-order valence-electron chi connectivity index (χ1n) is 18.7. The lowest BCUT2D eigenvalue weighted by Gasteiger charge is -2.22. The number of methoxy groups -OCH3 is 1. The fraction of sp³-hybridized carbons (Fsp3) is 0.442. The molecule has 52 heavy (non-hydrogen) atoms. The van der Waals surface area contributed by atoms with Crippen LogP contribution in [0.4, 0.5) is 0 Å². The molecular weight excluding hydrogens is 669 g/mol. The van der Waals surface area contributed by atoms with E-state index in [9.17, 15) is 9.90 Å². The molecule has 0 saturated heterocycles. The number of ether oxygens (including phenoxy) is 2. The molecule has 1 N–H and O–H groups in total. The first-order chi connectivity index (χ1) is 25.2. The molecular formula is C43H54N4O4S. The number of hydrogen-bond acceptors (Lipinski definition) is 7. The van der Waals surface area contributed by atoms with E-state index in [2.05, 4.69) is 70.0 Å². The zero-order valence-electron chi connectivity index (χ0n) is 31.4. The maximum atomic E-state index is 12.6. The summed E-state index contributed by atoms with van der Waals surface area (Å²) in [5.41, 5.74) is 4.87. The molecule has 5 rings (SSSR count). The number of rotatable bonds is 21. The number of carbonyl (C=O) groups is 1. The van der Waals surface area contributed by atoms with Gasteiger partial charge in [-0.3, -0.25) is 9.78 Å². The van der Waals surface area contributed by atoms with Gasteiger partial charge in [-0.2, -0.15) is 0 Å². The van der Waals surface area contributed by atoms with Crippen molar-refractivity contribution in [3.63, 3.8) is 0 Å². The van der Waals surface area contributed by atoms with Crippen LogP contribution in [0.2, 0.25) is 0 Å². The van der Waals surface area contributed by atoms with Crippen LogP contribution in [0.5, 0.6) is 11.6 Å². The Hall–Kier alpha value is -4.37. The van der Waals surface area contributed by atoms with E-state index in [4.69, 9.17) is 9.47 Å². The van der Waals surface area contributed by atoms with E-state index in [-0.39, 0.29) is 0 Å². The summed E-state index contributed by atoms with van der Waals surface area (Å²) in [6, 6.07) is 24.2. The molecule has 0 atom stereocenters. The molecule has 0 amide bonds. The van der Waals surface area contributed by atoms with Crippen LogP contribution in [0.15, 0.2) is 83.9 Å². The number of unbranched alkanes of at least 4 members (excludes halogenated alkanes) is 2. The van der Waals surface area contributed by atoms with Gasteiger partial charge in [-0.05, 0) is 80.3 Å². The summed E-state index contributed by atoms with van der Waals surface area (Å²) in [6.07, 6.45) is 12.2. The van der Waals surface area contributed by atoms with Gasteiger partial charge in [-0.25, -0.2) is 0 Å². The highest BCUT2D eigenvalue weighted by atomic mass is 32.2. The molecule has 0 radical (unpaired) electrons. The van der Waals surface area contributed by atoms with E-state index in [1.54, 1.807) is 13.3 Å². The van der Waals surface area contributed by atoms with Gasteiger partial charge < -0.3 is 19.1 Å². The summed E-state index contributed by atoms with van der Waals surface area (Å²) in [7, 11) is 1.58. The van der Waals surface area contributed by atoms with Crippen molar-refractivity contribution < 1.29 is 19.4 Å². The topological polar surface area (TPSA) is 99.4 Å². The molecule has 0 aliphatic carbocycles. The Morgan fingerprint density at radius 1 is 0.923 bits per heavy atom. The summed E-state index contributed by atoms with van der Waals surface area (Å²) in [4.78, 5) is 18.1. The number of aliphatic carboxylic acids is 1. The van der Waals surface area contributed by atoms with Crippen LogP contribution in [0.25, 0.3) is 22.2 Å². The zero-order valence-corrected chi connectivity index (χ0v) is 32.3. The van der Waals surface area contributed by atoms with Gasteiger partial charge in [0.1, 0.15) is 12.4 Å². The number of thioether (sulfide) groups is 1. The van der Waals surface area contributed by atoms with Gasteiger partial charge in [0.25, 0.3) is 0 Å². The second kappa shape index (κ2) is 18.9. The molecule has 3 aromatic heterocycles. The van der Waals surface area contributed by atoms with E-state index in [0.717, 1.165) is 67.8 Å². The minimum absolute atomic E-state index is 0.371. The smallest absolute Gasteiger partial charge is 0.309 e. The molecule has 9 heteroatoms. The molecule has 0 bridgehead atoms. The molecule has 8 nitrogen and oxygen atoms in total. The van der Waals surface area contributed by atoms with E-state index >= 15 is 0 Å². The number of benzene rings is 2. The van der Waals surface area contributed by atoms with E-state index in [1.807, 2.05) is 62.0 Å². The van der Waals surface area contributed by atoms with Gasteiger partial charge in [0.05, 0.1) is 23.9 Å². The third kappa shape index (κ3) is 10.4. The summed E-state index contributed by atoms with van der Waals surface area (Å²) in [5, 5.41) is 19.8. The van der Waals surface area contributed by atoms with Gasteiger partial charge >= 0.3 is 5.97 Å². The third-order valence-electron chi connectivity index (χ3n) is 9.77. The van der Waals surface area contributed by atoms with E-state index in [0.29, 0.717) is 25.5 Å². The Labute approximate surface area is 313 Å². The molecule has 0 saturated carbocycles. The van der Waals surface area contributed by atoms with E-state index in [1.165, 1.54) is 44.9 Å². The second-order valence-corrected chi connectivity index (χ2v) is 15.4. The number of pyridine rings is 1. The largest absolute Gasteiger partial charge is 0.487 e. The highest BCUT2D eigenvalue weighted by molar-refractivity contribution is 7.99. The van der Waals surface area contributed by atoms with Crippen molar-refractivity contribution in [2.75, 3.05) is 12.9 Å². The van der Waals surface area contributed by atoms with Crippen molar-refractivity contribution in [1.29, 1.82) is 0 Å². The molecule has 3 heterocycles. The van der Waals surface area contributed by atoms with Crippen molar-refractivity contribution in [2.45, 2.75) is 104 Å². The molecule has 0 spiro atoms. The molecule has 2 aromatic carbocycles. The van der Waals surface area contributed by atoms with Crippen molar-refractivity contribution in [3.05, 3.63) is 95.9 Å². The Balaban J connectivity index is 1.49. The predicted octanol–water partition coefficient (Wildman–Crippen LogP) is 10.7. The molecule has 0 unspecified atom stereocenters. The number of fused-ring (bicyclic) bond motifs is 1. The first-order valence-corrected chi connectivity index (χ1v) is 19.7. The number of nitrogens with zero attached hydrogens (tertiary/aromatic N) is 4. The lowest BCUT2D eigenvalue weighted by Crippen LogP contribution is -2.27. The van der Waals surface area contributed by atoms with Crippen LogP contribution in [0, 0.1) is 11.3 Å². The standard InChI is InChI=1S/C43H54N4O4S/c1-6-8-13-31(14-9-7-2)15-12-26-52-41-36-27-35(51-30-34-16-10-11-25-44-34)21-23-38(36)47(39(41)28-43(3,4)42(48)49)29-32-17-19-33(20-18-32)37-22-24-40(50-5)46-45-37/h10-11,16-25,27,31H,6-9,12-15,26,28-30H2,1-5H3,(H,48,49). The molecule has 276 valence electrons. The minimum atomic E-state index is -0.956. The highest BCUT2D eigenvalue weighted by Gasteiger charge is 2.32. The molecule has 0 fully saturated rings. The van der Waals surface area contributed by atoms with Crippen molar-refractivity contribution in [1.82, 2.24) is 19.7 Å². The average molecular weight is 723 g/mol. The van der Waals surface area contributed by atoms with Crippen LogP contribution in [-0.2, 0) is 24.4 Å². The van der Waals surface area contributed by atoms with Crippen LogP contribution < -0.4 is 9.47 Å². The Morgan fingerprint density at radius 2 is 1.67 bits per heavy atom. The van der Waals surface area contributed by atoms with Crippen LogP contribution in [0.1, 0.15) is 96.0 Å². The Kier molecular flexibility index (Phi) is 14.1. The van der Waals surface area contributed by atoms with Crippen molar-refractivity contribution in [2.24, 2.45) is 11.3 Å². The number of aromatic nitrogens is 4. The molecule has 5 aromatic rings. The fourth-order valence-electron chi connectivity index (χ4n) is 6.61. The number of hydrogen-bond donors (Lipinski definition) is 1. The number of carboxylic acids is 1. The van der Waals surface area contributed by atoms with Crippen LogP contribution in [0.3, 0.4) is 0 Å². The minimum Gasteiger partial charge on any atom is -0.487 e. The highest BCUT2D eigenvalue weighted by Crippen LogP contribution is 2.41. The average Bonchev–Trinajstić information content (AvgIpc) is 3.43. The Morgan fingerprint density at radius 3 is 2.31 bits per heavy atom. The molecule has 0 aliphatic rings. The normalized spacial score (nSPS) is 11.7. The van der Waals surface area contributed by atoms with Gasteiger partial charge in [0.15, 0.2) is 0 Å². The zero-order chi connectivity index (χ0) is 36.9. The SMILES string of the molecule is CCCCC(CCCC)CCCSc1c(CC(C)(C)C(=O)O)n(Cc2ccc(-c3ccc(OC)nn3)cc2)c2ccc(OCc3ccccn3)cc12. The summed E-state index contributed by atoms with van der Waals surface area (Å²) in [6.45, 7) is 9.17. The quantitative estimate of drug-likeness (QED) is 0.0590. The van der Waals surface area contributed by atoms with E-state index < -0.39 is 11.4 Å². The fourth-order valence-corrected chi connectivity index (χ4v) is 7.79. The summed E-state index contributed by atoms with van der Waals surface area (Å²) in [5.74, 6) is 2.18. The summed E-state index contributed by atoms with van der Waals surface area (Å²) >= 11 is 1.87. The van der Waals surface area contributed by atoms with Gasteiger partial charge in [0, 0.05) is 52.3 Å². The summed E-state index contributed by atoms with van der Waals surface area (Å²) < 4.78 is 13.8. The monoisotopic (exact) mass is 722 g/mol. The second-order valence-electron chi connectivity index (χ2n) is 14.3. The lowest BCUT2D eigenvalue weighted by atomic mass is 9.88. The Bertz CT molecular complexity index is 1850. The van der Waals surface area contributed by atoms with Gasteiger partial charge in [-0.15, -0.1) is 22.0 Å². The van der Waals surface area contributed by atoms with Crippen LogP contribution in [-0.4, -0.2) is 43.7 Å². The van der Waals surface area contributed by atoms with Gasteiger partial charge in [0.2, 0.25) is 5.88 Å². The maximum Gasteiger partial charge on any atom is 0.309 e. The van der Waals surface area contributed by atoms with Crippen molar-refractivity contribution in [3.8, 4) is 22.9 Å². The number of carboxylic acid groups (broad SMARTS) is 1. The predicted molar refractivity (Wildman–Crippen MR) is 211 cm³/mol. The maximum absolute atomic E-state index is 12.6. The lowest BCUT2D eigenvalue weighted by molar-refractivity contribution is -0.146. The van der Waals surface area contributed by atoms with Crippen molar-refractivity contribution >= 4 is 28.6 Å².